The third kappa shape index (κ3) is 3.27. The number of para-hydroxylation sites is 1. The minimum absolute atomic E-state index is 0.0309. The van der Waals surface area contributed by atoms with E-state index in [4.69, 9.17) is 10.00 Å². The van der Waals surface area contributed by atoms with Crippen molar-refractivity contribution >= 4 is 5.69 Å². The van der Waals surface area contributed by atoms with Gasteiger partial charge in [-0.05, 0) is 30.7 Å². The summed E-state index contributed by atoms with van der Waals surface area (Å²) in [5.74, 6) is 0.311. The smallest absolute Gasteiger partial charge is 0.143 e. The van der Waals surface area contributed by atoms with Crippen LogP contribution >= 0.6 is 0 Å². The van der Waals surface area contributed by atoms with Crippen molar-refractivity contribution in [1.82, 2.24) is 0 Å². The molecule has 0 atom stereocenters. The monoisotopic (exact) mass is 270 g/mol. The Kier molecular flexibility index (Phi) is 4.56. The number of hydrogen-bond acceptors (Lipinski definition) is 3. The first-order valence-corrected chi connectivity index (χ1v) is 6.33. The topological polar surface area (TPSA) is 45.0 Å². The Morgan fingerprint density at radius 3 is 2.75 bits per heavy atom. The summed E-state index contributed by atoms with van der Waals surface area (Å²) in [5.41, 5.74) is 1.58. The van der Waals surface area contributed by atoms with Crippen molar-refractivity contribution in [3.05, 3.63) is 59.4 Å². The molecule has 0 fully saturated rings. The predicted molar refractivity (Wildman–Crippen MR) is 76.3 cm³/mol. The van der Waals surface area contributed by atoms with Crippen LogP contribution in [0.15, 0.2) is 42.5 Å². The molecule has 0 saturated carbocycles. The summed E-state index contributed by atoms with van der Waals surface area (Å²) >= 11 is 0. The molecule has 2 rings (SSSR count). The maximum Gasteiger partial charge on any atom is 0.143 e. The Balaban J connectivity index is 1.90. The van der Waals surface area contributed by atoms with Crippen LogP contribution in [0.3, 0.4) is 0 Å². The number of nitriles is 1. The molecule has 0 aliphatic carbocycles. The molecule has 0 heterocycles. The number of aryl methyl sites for hydroxylation is 1. The van der Waals surface area contributed by atoms with Gasteiger partial charge < -0.3 is 10.1 Å². The molecule has 3 nitrogen and oxygen atoms in total. The van der Waals surface area contributed by atoms with E-state index in [0.29, 0.717) is 18.8 Å². The Bertz CT molecular complexity index is 635. The highest BCUT2D eigenvalue weighted by atomic mass is 19.1. The molecule has 0 bridgehead atoms. The van der Waals surface area contributed by atoms with Crippen molar-refractivity contribution in [2.45, 2.75) is 6.92 Å². The first kappa shape index (κ1) is 13.9. The van der Waals surface area contributed by atoms with E-state index in [1.165, 1.54) is 6.07 Å². The van der Waals surface area contributed by atoms with Gasteiger partial charge in [-0.25, -0.2) is 4.39 Å². The maximum absolute atomic E-state index is 13.4. The van der Waals surface area contributed by atoms with Gasteiger partial charge in [-0.15, -0.1) is 0 Å². The summed E-state index contributed by atoms with van der Waals surface area (Å²) in [4.78, 5) is 0. The van der Waals surface area contributed by atoms with E-state index in [1.54, 1.807) is 12.1 Å². The van der Waals surface area contributed by atoms with Gasteiger partial charge in [0.15, 0.2) is 0 Å². The molecule has 0 spiro atoms. The second-order valence-electron chi connectivity index (χ2n) is 4.31. The highest BCUT2D eigenvalue weighted by Crippen LogP contribution is 2.18. The highest BCUT2D eigenvalue weighted by Gasteiger charge is 2.06. The molecule has 0 unspecified atom stereocenters. The zero-order chi connectivity index (χ0) is 14.4. The van der Waals surface area contributed by atoms with E-state index in [9.17, 15) is 4.39 Å². The molecule has 102 valence electrons. The first-order valence-electron chi connectivity index (χ1n) is 6.33. The number of rotatable bonds is 5. The fourth-order valence-corrected chi connectivity index (χ4v) is 1.85. The molecule has 20 heavy (non-hydrogen) atoms. The molecule has 0 aliphatic rings. The van der Waals surface area contributed by atoms with Crippen LogP contribution in [-0.2, 0) is 0 Å². The molecule has 1 N–H and O–H groups in total. The van der Waals surface area contributed by atoms with Crippen LogP contribution in [0, 0.1) is 24.1 Å². The lowest BCUT2D eigenvalue weighted by Gasteiger charge is -2.11. The number of ether oxygens (including phenoxy) is 1. The standard InChI is InChI=1S/C16H15FN2O/c1-12-5-2-3-8-16(12)20-10-9-19-15-7-4-6-14(17)13(15)11-18/h2-8,19H,9-10H2,1H3. The van der Waals surface area contributed by atoms with E-state index < -0.39 is 5.82 Å². The quantitative estimate of drug-likeness (QED) is 0.846. The highest BCUT2D eigenvalue weighted by molar-refractivity contribution is 5.57. The van der Waals surface area contributed by atoms with Crippen molar-refractivity contribution in [3.8, 4) is 11.8 Å². The van der Waals surface area contributed by atoms with E-state index >= 15 is 0 Å². The number of halogens is 1. The Labute approximate surface area is 117 Å². The van der Waals surface area contributed by atoms with Gasteiger partial charge in [0, 0.05) is 6.54 Å². The third-order valence-corrected chi connectivity index (χ3v) is 2.89. The molecule has 0 aliphatic heterocycles. The summed E-state index contributed by atoms with van der Waals surface area (Å²) in [6, 6.07) is 14.1. The first-order chi connectivity index (χ1) is 9.72. The van der Waals surface area contributed by atoms with Crippen molar-refractivity contribution in [1.29, 1.82) is 5.26 Å². The number of nitrogens with zero attached hydrogens (tertiary/aromatic N) is 1. The Morgan fingerprint density at radius 2 is 2.00 bits per heavy atom. The number of anilines is 1. The summed E-state index contributed by atoms with van der Waals surface area (Å²) in [5, 5.41) is 11.9. The average Bonchev–Trinajstić information content (AvgIpc) is 2.45. The number of hydrogen-bond donors (Lipinski definition) is 1. The van der Waals surface area contributed by atoms with Crippen LogP contribution < -0.4 is 10.1 Å². The zero-order valence-corrected chi connectivity index (χ0v) is 11.2. The van der Waals surface area contributed by atoms with Gasteiger partial charge in [-0.1, -0.05) is 24.3 Å². The molecule has 2 aromatic carbocycles. The van der Waals surface area contributed by atoms with Crippen LogP contribution in [0.1, 0.15) is 11.1 Å². The van der Waals surface area contributed by atoms with Gasteiger partial charge in [-0.3, -0.25) is 0 Å². The van der Waals surface area contributed by atoms with Crippen molar-refractivity contribution < 1.29 is 9.13 Å². The molecule has 4 heteroatoms. The SMILES string of the molecule is Cc1ccccc1OCCNc1cccc(F)c1C#N. The summed E-state index contributed by atoms with van der Waals surface area (Å²) in [7, 11) is 0. The molecule has 2 aromatic rings. The van der Waals surface area contributed by atoms with Gasteiger partial charge in [0.2, 0.25) is 0 Å². The predicted octanol–water partition coefficient (Wildman–Crippen LogP) is 3.50. The lowest BCUT2D eigenvalue weighted by molar-refractivity contribution is 0.330. The van der Waals surface area contributed by atoms with Gasteiger partial charge in [0.05, 0.1) is 5.69 Å². The average molecular weight is 270 g/mol. The number of benzene rings is 2. The fourth-order valence-electron chi connectivity index (χ4n) is 1.85. The van der Waals surface area contributed by atoms with Crippen LogP contribution in [0.25, 0.3) is 0 Å². The fraction of sp³-hybridized carbons (Fsp3) is 0.188. The van der Waals surface area contributed by atoms with Gasteiger partial charge in [0.1, 0.15) is 29.8 Å². The van der Waals surface area contributed by atoms with E-state index in [0.717, 1.165) is 11.3 Å². The Hall–Kier alpha value is -2.54. The summed E-state index contributed by atoms with van der Waals surface area (Å²) < 4.78 is 19.0. The third-order valence-electron chi connectivity index (χ3n) is 2.89. The van der Waals surface area contributed by atoms with Crippen molar-refractivity contribution in [2.75, 3.05) is 18.5 Å². The lowest BCUT2D eigenvalue weighted by atomic mass is 10.2. The van der Waals surface area contributed by atoms with Crippen molar-refractivity contribution in [3.63, 3.8) is 0 Å². The van der Waals surface area contributed by atoms with Crippen LogP contribution in [0.2, 0.25) is 0 Å². The van der Waals surface area contributed by atoms with E-state index in [1.807, 2.05) is 37.3 Å². The van der Waals surface area contributed by atoms with Gasteiger partial charge in [0.25, 0.3) is 0 Å². The minimum atomic E-state index is -0.516. The van der Waals surface area contributed by atoms with Gasteiger partial charge >= 0.3 is 0 Å². The van der Waals surface area contributed by atoms with Crippen molar-refractivity contribution in [2.24, 2.45) is 0 Å². The molecular weight excluding hydrogens is 255 g/mol. The normalized spacial score (nSPS) is 9.85. The summed E-state index contributed by atoms with van der Waals surface area (Å²) in [6.07, 6.45) is 0. The van der Waals surface area contributed by atoms with Gasteiger partial charge in [-0.2, -0.15) is 5.26 Å². The molecule has 0 aromatic heterocycles. The molecule has 0 amide bonds. The second-order valence-corrected chi connectivity index (χ2v) is 4.31. The summed E-state index contributed by atoms with van der Waals surface area (Å²) in [6.45, 7) is 2.90. The molecule has 0 saturated heterocycles. The number of nitrogens with one attached hydrogen (secondary N) is 1. The lowest BCUT2D eigenvalue weighted by Crippen LogP contribution is -2.13. The Morgan fingerprint density at radius 1 is 1.20 bits per heavy atom. The van der Waals surface area contributed by atoms with Crippen LogP contribution in [0.4, 0.5) is 10.1 Å². The van der Waals surface area contributed by atoms with E-state index in [-0.39, 0.29) is 5.56 Å². The maximum atomic E-state index is 13.4. The zero-order valence-electron chi connectivity index (χ0n) is 11.2. The minimum Gasteiger partial charge on any atom is -0.491 e. The van der Waals surface area contributed by atoms with Crippen LogP contribution in [0.5, 0.6) is 5.75 Å². The second kappa shape index (κ2) is 6.58. The van der Waals surface area contributed by atoms with Crippen LogP contribution in [-0.4, -0.2) is 13.2 Å². The molecule has 0 radical (unpaired) electrons. The molecular formula is C16H15FN2O. The largest absolute Gasteiger partial charge is 0.491 e. The van der Waals surface area contributed by atoms with E-state index in [2.05, 4.69) is 5.32 Å².